The fraction of sp³-hybridized carbons (Fsp3) is 0.467. The van der Waals surface area contributed by atoms with E-state index in [2.05, 4.69) is 20.4 Å². The SMILES string of the molecule is CN=C(NCC(C)C(=O)OC)Nc1ccc(OC)c(OC)c1.I. The van der Waals surface area contributed by atoms with E-state index in [9.17, 15) is 4.79 Å². The summed E-state index contributed by atoms with van der Waals surface area (Å²) in [5.41, 5.74) is 0.788. The van der Waals surface area contributed by atoms with Gasteiger partial charge in [0, 0.05) is 25.3 Å². The number of nitrogens with one attached hydrogen (secondary N) is 2. The number of rotatable bonds is 6. The normalized spacial score (nSPS) is 11.8. The van der Waals surface area contributed by atoms with Crippen LogP contribution in [0.3, 0.4) is 0 Å². The van der Waals surface area contributed by atoms with Crippen molar-refractivity contribution >= 4 is 41.6 Å². The van der Waals surface area contributed by atoms with Gasteiger partial charge in [-0.15, -0.1) is 24.0 Å². The molecule has 23 heavy (non-hydrogen) atoms. The maximum atomic E-state index is 11.4. The molecule has 0 bridgehead atoms. The zero-order valence-corrected chi connectivity index (χ0v) is 16.3. The topological polar surface area (TPSA) is 81.2 Å². The van der Waals surface area contributed by atoms with Gasteiger partial charge in [-0.05, 0) is 12.1 Å². The largest absolute Gasteiger partial charge is 0.493 e. The number of hydrogen-bond donors (Lipinski definition) is 2. The number of carbonyl (C=O) groups is 1. The number of carbonyl (C=O) groups excluding carboxylic acids is 1. The third-order valence-electron chi connectivity index (χ3n) is 3.05. The highest BCUT2D eigenvalue weighted by Gasteiger charge is 2.13. The molecule has 130 valence electrons. The summed E-state index contributed by atoms with van der Waals surface area (Å²) in [6, 6.07) is 5.44. The minimum Gasteiger partial charge on any atom is -0.493 e. The Kier molecular flexibility index (Phi) is 10.1. The molecule has 0 aliphatic carbocycles. The first-order chi connectivity index (χ1) is 10.5. The maximum Gasteiger partial charge on any atom is 0.310 e. The second-order valence-electron chi connectivity index (χ2n) is 4.57. The molecule has 0 aliphatic heterocycles. The number of ether oxygens (including phenoxy) is 3. The summed E-state index contributed by atoms with van der Waals surface area (Å²) < 4.78 is 15.1. The molecule has 2 N–H and O–H groups in total. The molecule has 1 aromatic rings. The van der Waals surface area contributed by atoms with E-state index in [-0.39, 0.29) is 35.9 Å². The lowest BCUT2D eigenvalue weighted by atomic mass is 10.2. The maximum absolute atomic E-state index is 11.4. The van der Waals surface area contributed by atoms with Crippen molar-refractivity contribution in [1.82, 2.24) is 5.32 Å². The van der Waals surface area contributed by atoms with Crippen LogP contribution < -0.4 is 20.1 Å². The van der Waals surface area contributed by atoms with Crippen LogP contribution in [-0.4, -0.2) is 46.9 Å². The highest BCUT2D eigenvalue weighted by molar-refractivity contribution is 14.0. The van der Waals surface area contributed by atoms with Crippen molar-refractivity contribution in [3.8, 4) is 11.5 Å². The van der Waals surface area contributed by atoms with Crippen molar-refractivity contribution in [3.05, 3.63) is 18.2 Å². The number of aliphatic imine (C=N–C) groups is 1. The van der Waals surface area contributed by atoms with Crippen LogP contribution in [0.2, 0.25) is 0 Å². The Morgan fingerprint density at radius 3 is 2.39 bits per heavy atom. The van der Waals surface area contributed by atoms with E-state index in [1.54, 1.807) is 40.3 Å². The minimum absolute atomic E-state index is 0. The molecule has 0 radical (unpaired) electrons. The number of benzene rings is 1. The van der Waals surface area contributed by atoms with Crippen LogP contribution in [0.15, 0.2) is 23.2 Å². The summed E-state index contributed by atoms with van der Waals surface area (Å²) in [5.74, 6) is 1.27. The van der Waals surface area contributed by atoms with E-state index in [0.29, 0.717) is 24.0 Å². The molecule has 0 aliphatic rings. The van der Waals surface area contributed by atoms with E-state index in [1.165, 1.54) is 7.11 Å². The van der Waals surface area contributed by atoms with Gasteiger partial charge < -0.3 is 24.8 Å². The van der Waals surface area contributed by atoms with Crippen molar-refractivity contribution in [3.63, 3.8) is 0 Å². The molecule has 0 aromatic heterocycles. The number of methoxy groups -OCH3 is 3. The highest BCUT2D eigenvalue weighted by atomic mass is 127. The molecule has 1 atom stereocenters. The molecule has 0 saturated heterocycles. The van der Waals surface area contributed by atoms with Crippen LogP contribution >= 0.6 is 24.0 Å². The number of guanidine groups is 1. The second-order valence-corrected chi connectivity index (χ2v) is 4.57. The van der Waals surface area contributed by atoms with Crippen molar-refractivity contribution in [2.75, 3.05) is 40.2 Å². The smallest absolute Gasteiger partial charge is 0.310 e. The van der Waals surface area contributed by atoms with Crippen LogP contribution in [0, 0.1) is 5.92 Å². The zero-order chi connectivity index (χ0) is 16.5. The lowest BCUT2D eigenvalue weighted by Gasteiger charge is -2.15. The first-order valence-corrected chi connectivity index (χ1v) is 6.83. The van der Waals surface area contributed by atoms with Gasteiger partial charge in [-0.25, -0.2) is 0 Å². The van der Waals surface area contributed by atoms with Crippen molar-refractivity contribution in [2.45, 2.75) is 6.92 Å². The number of hydrogen-bond acceptors (Lipinski definition) is 5. The molecular formula is C15H24IN3O4. The number of esters is 1. The predicted octanol–water partition coefficient (Wildman–Crippen LogP) is 2.12. The number of nitrogens with zero attached hydrogens (tertiary/aromatic N) is 1. The Morgan fingerprint density at radius 1 is 1.22 bits per heavy atom. The molecule has 0 amide bonds. The first kappa shape index (κ1) is 21.3. The van der Waals surface area contributed by atoms with Crippen molar-refractivity contribution in [2.24, 2.45) is 10.9 Å². The highest BCUT2D eigenvalue weighted by Crippen LogP contribution is 2.29. The van der Waals surface area contributed by atoms with Gasteiger partial charge in [0.05, 0.1) is 27.2 Å². The fourth-order valence-corrected chi connectivity index (χ4v) is 1.76. The van der Waals surface area contributed by atoms with Crippen molar-refractivity contribution < 1.29 is 19.0 Å². The van der Waals surface area contributed by atoms with E-state index in [4.69, 9.17) is 9.47 Å². The van der Waals surface area contributed by atoms with Crippen LogP contribution in [0.4, 0.5) is 5.69 Å². The molecule has 7 nitrogen and oxygen atoms in total. The van der Waals surface area contributed by atoms with Crippen LogP contribution in [-0.2, 0) is 9.53 Å². The third-order valence-corrected chi connectivity index (χ3v) is 3.05. The summed E-state index contributed by atoms with van der Waals surface area (Å²) in [6.07, 6.45) is 0. The monoisotopic (exact) mass is 437 g/mol. The van der Waals surface area contributed by atoms with Gasteiger partial charge in [-0.3, -0.25) is 9.79 Å². The summed E-state index contributed by atoms with van der Waals surface area (Å²) >= 11 is 0. The summed E-state index contributed by atoms with van der Waals surface area (Å²) in [7, 11) is 6.18. The average Bonchev–Trinajstić information content (AvgIpc) is 2.56. The molecule has 0 fully saturated rings. The van der Waals surface area contributed by atoms with E-state index in [1.807, 2.05) is 6.07 Å². The lowest BCUT2D eigenvalue weighted by molar-refractivity contribution is -0.144. The predicted molar refractivity (Wildman–Crippen MR) is 101 cm³/mol. The van der Waals surface area contributed by atoms with E-state index in [0.717, 1.165) is 5.69 Å². The van der Waals surface area contributed by atoms with Gasteiger partial charge in [-0.1, -0.05) is 6.92 Å². The summed E-state index contributed by atoms with van der Waals surface area (Å²) in [6.45, 7) is 2.20. The van der Waals surface area contributed by atoms with Gasteiger partial charge >= 0.3 is 5.97 Å². The zero-order valence-electron chi connectivity index (χ0n) is 14.0. The standard InChI is InChI=1S/C15H23N3O4.HI/c1-10(14(19)22-5)9-17-15(16-2)18-11-6-7-12(20-3)13(8-11)21-4;/h6-8,10H,9H2,1-5H3,(H2,16,17,18);1H. The minimum atomic E-state index is -0.269. The molecule has 0 heterocycles. The molecule has 8 heteroatoms. The Labute approximate surface area is 153 Å². The Balaban J connectivity index is 0.00000484. The van der Waals surface area contributed by atoms with E-state index < -0.39 is 0 Å². The fourth-order valence-electron chi connectivity index (χ4n) is 1.76. The quantitative estimate of drug-likeness (QED) is 0.307. The second kappa shape index (κ2) is 10.9. The average molecular weight is 437 g/mol. The van der Waals surface area contributed by atoms with Crippen LogP contribution in [0.5, 0.6) is 11.5 Å². The summed E-state index contributed by atoms with van der Waals surface area (Å²) in [5, 5.41) is 6.18. The van der Waals surface area contributed by atoms with Gasteiger partial charge in [0.25, 0.3) is 0 Å². The molecule has 1 unspecified atom stereocenters. The number of anilines is 1. The molecule has 0 saturated carbocycles. The van der Waals surface area contributed by atoms with Crippen LogP contribution in [0.1, 0.15) is 6.92 Å². The third kappa shape index (κ3) is 6.51. The number of halogens is 1. The van der Waals surface area contributed by atoms with Gasteiger partial charge in [-0.2, -0.15) is 0 Å². The van der Waals surface area contributed by atoms with Crippen LogP contribution in [0.25, 0.3) is 0 Å². The van der Waals surface area contributed by atoms with Gasteiger partial charge in [0.2, 0.25) is 0 Å². The Morgan fingerprint density at radius 2 is 1.87 bits per heavy atom. The van der Waals surface area contributed by atoms with E-state index >= 15 is 0 Å². The van der Waals surface area contributed by atoms with Crippen molar-refractivity contribution in [1.29, 1.82) is 0 Å². The lowest BCUT2D eigenvalue weighted by Crippen LogP contribution is -2.36. The summed E-state index contributed by atoms with van der Waals surface area (Å²) in [4.78, 5) is 15.5. The Bertz CT molecular complexity index is 537. The first-order valence-electron chi connectivity index (χ1n) is 6.83. The Hall–Kier alpha value is -1.71. The molecule has 1 aromatic carbocycles. The molecular weight excluding hydrogens is 413 g/mol. The molecule has 1 rings (SSSR count). The van der Waals surface area contributed by atoms with Gasteiger partial charge in [0.15, 0.2) is 17.5 Å². The van der Waals surface area contributed by atoms with Gasteiger partial charge in [0.1, 0.15) is 0 Å². The molecule has 0 spiro atoms.